The largest absolute Gasteiger partial charge is 0.480 e. The fraction of sp³-hybridized carbons (Fsp3) is 0.400. The van der Waals surface area contributed by atoms with Gasteiger partial charge in [0.15, 0.2) is 0 Å². The van der Waals surface area contributed by atoms with Crippen molar-refractivity contribution in [1.29, 1.82) is 0 Å². The van der Waals surface area contributed by atoms with Gasteiger partial charge in [-0.25, -0.2) is 4.98 Å². The Morgan fingerprint density at radius 1 is 1.73 bits per heavy atom. The summed E-state index contributed by atoms with van der Waals surface area (Å²) in [6.45, 7) is 2.25. The Balaban J connectivity index is 2.72. The monoisotopic (exact) mass is 209 g/mol. The van der Waals surface area contributed by atoms with Gasteiger partial charge in [-0.3, -0.25) is 4.79 Å². The van der Waals surface area contributed by atoms with E-state index in [1.807, 2.05) is 6.92 Å². The van der Waals surface area contributed by atoms with Gasteiger partial charge in [-0.15, -0.1) is 0 Å². The maximum Gasteiger partial charge on any atom is 0.256 e. The Hall–Kier alpha value is -1.62. The molecule has 3 N–H and O–H groups in total. The van der Waals surface area contributed by atoms with E-state index >= 15 is 0 Å². The molecule has 1 atom stereocenters. The number of aromatic nitrogens is 1. The number of methoxy groups -OCH3 is 1. The maximum atomic E-state index is 11.6. The average molecular weight is 209 g/mol. The van der Waals surface area contributed by atoms with Crippen LogP contribution in [0.3, 0.4) is 0 Å². The molecule has 1 amide bonds. The summed E-state index contributed by atoms with van der Waals surface area (Å²) in [7, 11) is 1.48. The minimum absolute atomic E-state index is 0.0726. The molecule has 82 valence electrons. The van der Waals surface area contributed by atoms with Crippen molar-refractivity contribution in [2.75, 3.05) is 13.7 Å². The Labute approximate surface area is 88.6 Å². The van der Waals surface area contributed by atoms with Gasteiger partial charge < -0.3 is 15.8 Å². The van der Waals surface area contributed by atoms with Gasteiger partial charge in [-0.2, -0.15) is 0 Å². The summed E-state index contributed by atoms with van der Waals surface area (Å²) in [5.41, 5.74) is 5.95. The number of ether oxygens (including phenoxy) is 1. The number of rotatable bonds is 4. The number of carbonyl (C=O) groups is 1. The number of pyridine rings is 1. The number of nitrogens with one attached hydrogen (secondary N) is 1. The molecule has 1 rings (SSSR count). The van der Waals surface area contributed by atoms with E-state index in [2.05, 4.69) is 10.3 Å². The van der Waals surface area contributed by atoms with Crippen molar-refractivity contribution < 1.29 is 9.53 Å². The lowest BCUT2D eigenvalue weighted by Gasteiger charge is -2.09. The van der Waals surface area contributed by atoms with Crippen LogP contribution in [0.15, 0.2) is 18.3 Å². The molecule has 0 aromatic carbocycles. The number of carbonyl (C=O) groups excluding carboxylic acids is 1. The molecular weight excluding hydrogens is 194 g/mol. The van der Waals surface area contributed by atoms with Crippen molar-refractivity contribution in [3.63, 3.8) is 0 Å². The predicted molar refractivity (Wildman–Crippen MR) is 56.8 cm³/mol. The molecule has 1 aromatic rings. The summed E-state index contributed by atoms with van der Waals surface area (Å²) in [5, 5.41) is 2.69. The van der Waals surface area contributed by atoms with E-state index in [0.29, 0.717) is 18.0 Å². The van der Waals surface area contributed by atoms with Crippen LogP contribution in [0.5, 0.6) is 5.88 Å². The second-order valence-corrected chi connectivity index (χ2v) is 3.25. The fourth-order valence-electron chi connectivity index (χ4n) is 1.08. The van der Waals surface area contributed by atoms with Gasteiger partial charge in [0.25, 0.3) is 5.91 Å². The van der Waals surface area contributed by atoms with Gasteiger partial charge in [0.2, 0.25) is 5.88 Å². The van der Waals surface area contributed by atoms with Crippen molar-refractivity contribution in [2.45, 2.75) is 13.0 Å². The first kappa shape index (κ1) is 11.5. The van der Waals surface area contributed by atoms with E-state index in [-0.39, 0.29) is 11.9 Å². The van der Waals surface area contributed by atoms with Crippen LogP contribution in [-0.4, -0.2) is 30.6 Å². The molecule has 1 heterocycles. The summed E-state index contributed by atoms with van der Waals surface area (Å²) in [6, 6.07) is 3.27. The number of hydrogen-bond donors (Lipinski definition) is 2. The highest BCUT2D eigenvalue weighted by Gasteiger charge is 2.12. The number of nitrogens with two attached hydrogens (primary N) is 1. The zero-order valence-electron chi connectivity index (χ0n) is 8.86. The summed E-state index contributed by atoms with van der Waals surface area (Å²) >= 11 is 0. The minimum atomic E-state index is -0.225. The number of hydrogen-bond acceptors (Lipinski definition) is 4. The van der Waals surface area contributed by atoms with Crippen LogP contribution in [0.25, 0.3) is 0 Å². The van der Waals surface area contributed by atoms with Crippen LogP contribution < -0.4 is 15.8 Å². The smallest absolute Gasteiger partial charge is 0.256 e. The highest BCUT2D eigenvalue weighted by Crippen LogP contribution is 2.12. The first-order valence-corrected chi connectivity index (χ1v) is 4.68. The van der Waals surface area contributed by atoms with Crippen molar-refractivity contribution in [3.05, 3.63) is 23.9 Å². The van der Waals surface area contributed by atoms with Crippen LogP contribution >= 0.6 is 0 Å². The molecule has 0 saturated heterocycles. The van der Waals surface area contributed by atoms with Gasteiger partial charge in [0, 0.05) is 18.8 Å². The number of amides is 1. The van der Waals surface area contributed by atoms with E-state index in [1.165, 1.54) is 7.11 Å². The Morgan fingerprint density at radius 2 is 2.47 bits per heavy atom. The lowest BCUT2D eigenvalue weighted by atomic mass is 10.2. The fourth-order valence-corrected chi connectivity index (χ4v) is 1.08. The topological polar surface area (TPSA) is 77.2 Å². The quantitative estimate of drug-likeness (QED) is 0.741. The molecule has 5 nitrogen and oxygen atoms in total. The summed E-state index contributed by atoms with van der Waals surface area (Å²) in [6.07, 6.45) is 1.57. The van der Waals surface area contributed by atoms with E-state index < -0.39 is 0 Å². The van der Waals surface area contributed by atoms with Crippen LogP contribution in [0.2, 0.25) is 0 Å². The van der Waals surface area contributed by atoms with Crippen molar-refractivity contribution >= 4 is 5.91 Å². The molecule has 0 saturated carbocycles. The minimum Gasteiger partial charge on any atom is -0.480 e. The molecule has 1 unspecified atom stereocenters. The van der Waals surface area contributed by atoms with Gasteiger partial charge >= 0.3 is 0 Å². The van der Waals surface area contributed by atoms with Gasteiger partial charge in [0.1, 0.15) is 5.56 Å². The van der Waals surface area contributed by atoms with Crippen LogP contribution in [0, 0.1) is 0 Å². The average Bonchev–Trinajstić information content (AvgIpc) is 2.25. The summed E-state index contributed by atoms with van der Waals surface area (Å²) in [5.74, 6) is 0.0944. The third-order valence-corrected chi connectivity index (χ3v) is 1.79. The second kappa shape index (κ2) is 5.31. The third kappa shape index (κ3) is 3.21. The molecule has 15 heavy (non-hydrogen) atoms. The molecule has 0 aliphatic carbocycles. The normalized spacial score (nSPS) is 11.9. The summed E-state index contributed by atoms with van der Waals surface area (Å²) in [4.78, 5) is 15.6. The maximum absolute atomic E-state index is 11.6. The molecule has 0 aliphatic rings. The zero-order valence-corrected chi connectivity index (χ0v) is 8.86. The molecule has 0 fully saturated rings. The molecule has 5 heteroatoms. The zero-order chi connectivity index (χ0) is 11.3. The van der Waals surface area contributed by atoms with E-state index in [1.54, 1.807) is 18.3 Å². The van der Waals surface area contributed by atoms with E-state index in [4.69, 9.17) is 10.5 Å². The molecule has 0 aliphatic heterocycles. The summed E-state index contributed by atoms with van der Waals surface area (Å²) < 4.78 is 4.97. The molecule has 0 radical (unpaired) electrons. The Bertz CT molecular complexity index is 339. The second-order valence-electron chi connectivity index (χ2n) is 3.25. The molecule has 1 aromatic heterocycles. The standard InChI is InChI=1S/C10H15N3O2/c1-7(11)6-13-9(14)8-4-3-5-12-10(8)15-2/h3-5,7H,6,11H2,1-2H3,(H,13,14). The van der Waals surface area contributed by atoms with Gasteiger partial charge in [-0.05, 0) is 19.1 Å². The van der Waals surface area contributed by atoms with Crippen molar-refractivity contribution in [1.82, 2.24) is 10.3 Å². The molecule has 0 bridgehead atoms. The highest BCUT2D eigenvalue weighted by molar-refractivity contribution is 5.96. The lowest BCUT2D eigenvalue weighted by molar-refractivity contribution is 0.0948. The highest BCUT2D eigenvalue weighted by atomic mass is 16.5. The van der Waals surface area contributed by atoms with E-state index in [0.717, 1.165) is 0 Å². The van der Waals surface area contributed by atoms with Crippen LogP contribution in [0.4, 0.5) is 0 Å². The van der Waals surface area contributed by atoms with Crippen molar-refractivity contribution in [3.8, 4) is 5.88 Å². The lowest BCUT2D eigenvalue weighted by Crippen LogP contribution is -2.35. The predicted octanol–water partition coefficient (Wildman–Crippen LogP) is 0.167. The van der Waals surface area contributed by atoms with Gasteiger partial charge in [-0.1, -0.05) is 0 Å². The van der Waals surface area contributed by atoms with E-state index in [9.17, 15) is 4.79 Å². The first-order valence-electron chi connectivity index (χ1n) is 4.68. The number of nitrogens with zero attached hydrogens (tertiary/aromatic N) is 1. The third-order valence-electron chi connectivity index (χ3n) is 1.79. The van der Waals surface area contributed by atoms with Crippen LogP contribution in [-0.2, 0) is 0 Å². The SMILES string of the molecule is COc1ncccc1C(=O)NCC(C)N. The Kier molecular flexibility index (Phi) is 4.05. The first-order chi connectivity index (χ1) is 7.15. The van der Waals surface area contributed by atoms with Crippen LogP contribution in [0.1, 0.15) is 17.3 Å². The molecule has 0 spiro atoms. The van der Waals surface area contributed by atoms with Crippen molar-refractivity contribution in [2.24, 2.45) is 5.73 Å². The molecular formula is C10H15N3O2. The Morgan fingerprint density at radius 3 is 3.07 bits per heavy atom. The van der Waals surface area contributed by atoms with Gasteiger partial charge in [0.05, 0.1) is 7.11 Å².